The Morgan fingerprint density at radius 2 is 2.17 bits per heavy atom. The Hall–Kier alpha value is -2.61. The average molecular weight is 346 g/mol. The maximum absolute atomic E-state index is 12.9. The summed E-state index contributed by atoms with van der Waals surface area (Å²) < 4.78 is 20.0. The van der Waals surface area contributed by atoms with E-state index in [9.17, 15) is 9.18 Å². The zero-order chi connectivity index (χ0) is 16.9. The van der Waals surface area contributed by atoms with E-state index in [1.54, 1.807) is 19.5 Å². The number of aromatic nitrogens is 3. The molecule has 1 N–H and O–H groups in total. The minimum Gasteiger partial charge on any atom is -0.467 e. The van der Waals surface area contributed by atoms with Gasteiger partial charge in [-0.2, -0.15) is 0 Å². The molecule has 0 aliphatic carbocycles. The molecule has 1 atom stereocenters. The second-order valence-electron chi connectivity index (χ2n) is 5.08. The normalized spacial score (nSPS) is 12.1. The first-order valence-corrected chi connectivity index (χ1v) is 8.13. The summed E-state index contributed by atoms with van der Waals surface area (Å²) in [5, 5.41) is 10.9. The lowest BCUT2D eigenvalue weighted by molar-refractivity contribution is -0.115. The number of halogens is 1. The van der Waals surface area contributed by atoms with Crippen LogP contribution >= 0.6 is 11.8 Å². The molecule has 0 radical (unpaired) electrons. The van der Waals surface area contributed by atoms with Gasteiger partial charge in [-0.1, -0.05) is 11.8 Å². The standard InChI is InChI=1S/C16H15FN4O2S/c1-11(15(22)19-13-6-4-12(17)5-7-13)24-16-20-18-10-21(16)9-14-3-2-8-23-14/h2-8,10-11H,9H2,1H3,(H,19,22). The molecule has 3 aromatic rings. The number of benzene rings is 1. The molecule has 3 rings (SSSR count). The van der Waals surface area contributed by atoms with Gasteiger partial charge >= 0.3 is 0 Å². The predicted octanol–water partition coefficient (Wildman–Crippen LogP) is 3.18. The van der Waals surface area contributed by atoms with Gasteiger partial charge in [0.15, 0.2) is 5.16 Å². The fourth-order valence-corrected chi connectivity index (χ4v) is 2.83. The van der Waals surface area contributed by atoms with Gasteiger partial charge in [-0.15, -0.1) is 10.2 Å². The Bertz CT molecular complexity index is 802. The number of furan rings is 1. The summed E-state index contributed by atoms with van der Waals surface area (Å²) in [5.41, 5.74) is 0.547. The van der Waals surface area contributed by atoms with Crippen LogP contribution in [-0.2, 0) is 11.3 Å². The number of carbonyl (C=O) groups is 1. The maximum atomic E-state index is 12.9. The molecule has 0 bridgehead atoms. The third-order valence-electron chi connectivity index (χ3n) is 3.25. The van der Waals surface area contributed by atoms with E-state index in [0.717, 1.165) is 5.76 Å². The first-order valence-electron chi connectivity index (χ1n) is 7.25. The van der Waals surface area contributed by atoms with Gasteiger partial charge in [0, 0.05) is 5.69 Å². The second kappa shape index (κ2) is 7.31. The van der Waals surface area contributed by atoms with Crippen LogP contribution in [0.25, 0.3) is 0 Å². The van der Waals surface area contributed by atoms with E-state index in [1.807, 2.05) is 16.7 Å². The van der Waals surface area contributed by atoms with Crippen molar-refractivity contribution in [3.63, 3.8) is 0 Å². The van der Waals surface area contributed by atoms with Crippen molar-refractivity contribution >= 4 is 23.4 Å². The number of amides is 1. The molecule has 1 unspecified atom stereocenters. The highest BCUT2D eigenvalue weighted by atomic mass is 32.2. The van der Waals surface area contributed by atoms with Crippen molar-refractivity contribution in [1.29, 1.82) is 0 Å². The average Bonchev–Trinajstić information content (AvgIpc) is 3.22. The highest BCUT2D eigenvalue weighted by Crippen LogP contribution is 2.23. The van der Waals surface area contributed by atoms with Gasteiger partial charge in [0.1, 0.15) is 17.9 Å². The number of nitrogens with one attached hydrogen (secondary N) is 1. The van der Waals surface area contributed by atoms with Crippen LogP contribution in [0.5, 0.6) is 0 Å². The molecular formula is C16H15FN4O2S. The van der Waals surface area contributed by atoms with Gasteiger partial charge in [0.25, 0.3) is 0 Å². The zero-order valence-corrected chi connectivity index (χ0v) is 13.7. The highest BCUT2D eigenvalue weighted by Gasteiger charge is 2.18. The molecule has 1 amide bonds. The molecule has 1 aromatic carbocycles. The second-order valence-corrected chi connectivity index (χ2v) is 6.38. The van der Waals surface area contributed by atoms with Crippen molar-refractivity contribution in [2.24, 2.45) is 0 Å². The number of hydrogen-bond acceptors (Lipinski definition) is 5. The van der Waals surface area contributed by atoms with Crippen LogP contribution in [0.4, 0.5) is 10.1 Å². The van der Waals surface area contributed by atoms with Crippen molar-refractivity contribution in [1.82, 2.24) is 14.8 Å². The van der Waals surface area contributed by atoms with Crippen molar-refractivity contribution in [2.75, 3.05) is 5.32 Å². The molecule has 0 aliphatic heterocycles. The fourth-order valence-electron chi connectivity index (χ4n) is 2.00. The molecule has 124 valence electrons. The van der Waals surface area contributed by atoms with Gasteiger partial charge in [0.2, 0.25) is 5.91 Å². The number of carbonyl (C=O) groups excluding carboxylic acids is 1. The monoisotopic (exact) mass is 346 g/mol. The lowest BCUT2D eigenvalue weighted by atomic mass is 10.3. The van der Waals surface area contributed by atoms with Crippen LogP contribution in [0.2, 0.25) is 0 Å². The molecule has 2 aromatic heterocycles. The molecule has 0 aliphatic rings. The largest absolute Gasteiger partial charge is 0.467 e. The van der Waals surface area contributed by atoms with E-state index in [0.29, 0.717) is 17.4 Å². The Morgan fingerprint density at radius 3 is 2.88 bits per heavy atom. The number of hydrogen-bond donors (Lipinski definition) is 1. The Morgan fingerprint density at radius 1 is 1.38 bits per heavy atom. The van der Waals surface area contributed by atoms with E-state index in [2.05, 4.69) is 15.5 Å². The fraction of sp³-hybridized carbons (Fsp3) is 0.188. The molecule has 8 heteroatoms. The van der Waals surface area contributed by atoms with Crippen LogP contribution in [0.15, 0.2) is 58.6 Å². The molecule has 0 spiro atoms. The Labute approximate surface area is 142 Å². The van der Waals surface area contributed by atoms with Crippen molar-refractivity contribution in [3.8, 4) is 0 Å². The number of nitrogens with zero attached hydrogens (tertiary/aromatic N) is 3. The van der Waals surface area contributed by atoms with Crippen molar-refractivity contribution in [3.05, 3.63) is 60.6 Å². The summed E-state index contributed by atoms with van der Waals surface area (Å²) in [5.74, 6) is 0.237. The highest BCUT2D eigenvalue weighted by molar-refractivity contribution is 8.00. The predicted molar refractivity (Wildman–Crippen MR) is 88.2 cm³/mol. The van der Waals surface area contributed by atoms with Crippen LogP contribution < -0.4 is 5.32 Å². The Kier molecular flexibility index (Phi) is 4.95. The number of thioether (sulfide) groups is 1. The number of rotatable bonds is 6. The molecule has 24 heavy (non-hydrogen) atoms. The summed E-state index contributed by atoms with van der Waals surface area (Å²) in [7, 11) is 0. The van der Waals surface area contributed by atoms with E-state index >= 15 is 0 Å². The van der Waals surface area contributed by atoms with E-state index in [4.69, 9.17) is 4.42 Å². The minimum absolute atomic E-state index is 0.195. The lowest BCUT2D eigenvalue weighted by Crippen LogP contribution is -2.23. The van der Waals surface area contributed by atoms with Crippen LogP contribution in [0.1, 0.15) is 12.7 Å². The maximum Gasteiger partial charge on any atom is 0.237 e. The molecule has 0 saturated carbocycles. The van der Waals surface area contributed by atoms with Crippen molar-refractivity contribution in [2.45, 2.75) is 23.9 Å². The first-order chi connectivity index (χ1) is 11.6. The summed E-state index contributed by atoms with van der Waals surface area (Å²) in [6.07, 6.45) is 3.20. The molecular weight excluding hydrogens is 331 g/mol. The van der Waals surface area contributed by atoms with Crippen LogP contribution in [-0.4, -0.2) is 25.9 Å². The Balaban J connectivity index is 1.62. The minimum atomic E-state index is -0.394. The summed E-state index contributed by atoms with van der Waals surface area (Å²) >= 11 is 1.29. The van der Waals surface area contributed by atoms with Gasteiger partial charge in [-0.05, 0) is 43.3 Å². The van der Waals surface area contributed by atoms with Gasteiger partial charge in [-0.25, -0.2) is 4.39 Å². The topological polar surface area (TPSA) is 73.0 Å². The van der Waals surface area contributed by atoms with Gasteiger partial charge in [0.05, 0.1) is 18.1 Å². The molecule has 6 nitrogen and oxygen atoms in total. The van der Waals surface area contributed by atoms with E-state index < -0.39 is 5.25 Å². The van der Waals surface area contributed by atoms with Crippen molar-refractivity contribution < 1.29 is 13.6 Å². The summed E-state index contributed by atoms with van der Waals surface area (Å²) in [4.78, 5) is 12.3. The molecule has 0 saturated heterocycles. The zero-order valence-electron chi connectivity index (χ0n) is 12.8. The smallest absolute Gasteiger partial charge is 0.237 e. The van der Waals surface area contributed by atoms with Gasteiger partial charge in [-0.3, -0.25) is 4.79 Å². The van der Waals surface area contributed by atoms with E-state index in [-0.39, 0.29) is 11.7 Å². The summed E-state index contributed by atoms with van der Waals surface area (Å²) in [6.45, 7) is 2.27. The lowest BCUT2D eigenvalue weighted by Gasteiger charge is -2.12. The molecule has 2 heterocycles. The third-order valence-corrected chi connectivity index (χ3v) is 4.34. The third kappa shape index (κ3) is 4.02. The van der Waals surface area contributed by atoms with Crippen LogP contribution in [0.3, 0.4) is 0 Å². The SMILES string of the molecule is CC(Sc1nncn1Cc1ccco1)C(=O)Nc1ccc(F)cc1. The quantitative estimate of drug-likeness (QED) is 0.694. The first kappa shape index (κ1) is 16.3. The van der Waals surface area contributed by atoms with E-state index in [1.165, 1.54) is 36.0 Å². The van der Waals surface area contributed by atoms with Gasteiger partial charge < -0.3 is 14.3 Å². The number of anilines is 1. The summed E-state index contributed by atoms with van der Waals surface area (Å²) in [6, 6.07) is 9.30. The van der Waals surface area contributed by atoms with Crippen LogP contribution in [0, 0.1) is 5.82 Å². The molecule has 0 fully saturated rings.